The standard InChI is InChI=1S/C21H24N6O2S2/c1-12-3-4-15(9-13(12)2)16-10-30-20(23-16)24-18(29)11-31-21-26-25-19(14-5-6-14)27(21)8-7-17(22)28/h3-4,9-10,14H,5-8,11H2,1-2H3,(H2,22,28)(H,23,24,29). The molecule has 2 amide bonds. The summed E-state index contributed by atoms with van der Waals surface area (Å²) in [5.74, 6) is 0.915. The van der Waals surface area contributed by atoms with Crippen molar-refractivity contribution >= 4 is 40.0 Å². The van der Waals surface area contributed by atoms with E-state index in [0.717, 1.165) is 29.9 Å². The molecule has 2 aromatic heterocycles. The first-order valence-corrected chi connectivity index (χ1v) is 11.9. The van der Waals surface area contributed by atoms with E-state index < -0.39 is 0 Å². The summed E-state index contributed by atoms with van der Waals surface area (Å²) in [4.78, 5) is 28.2. The quantitative estimate of drug-likeness (QED) is 0.476. The Morgan fingerprint density at radius 3 is 2.77 bits per heavy atom. The summed E-state index contributed by atoms with van der Waals surface area (Å²) >= 11 is 2.70. The third-order valence-corrected chi connectivity index (χ3v) is 6.88. The Morgan fingerprint density at radius 1 is 1.26 bits per heavy atom. The zero-order valence-electron chi connectivity index (χ0n) is 17.4. The van der Waals surface area contributed by atoms with Crippen LogP contribution in [0.4, 0.5) is 5.13 Å². The number of aromatic nitrogens is 4. The molecule has 2 heterocycles. The number of aryl methyl sites for hydroxylation is 2. The minimum absolute atomic E-state index is 0.164. The highest BCUT2D eigenvalue weighted by molar-refractivity contribution is 7.99. The summed E-state index contributed by atoms with van der Waals surface area (Å²) in [6.45, 7) is 4.58. The van der Waals surface area contributed by atoms with Crippen LogP contribution in [0.25, 0.3) is 11.3 Å². The molecule has 0 unspecified atom stereocenters. The van der Waals surface area contributed by atoms with E-state index in [-0.39, 0.29) is 24.0 Å². The van der Waals surface area contributed by atoms with Crippen molar-refractivity contribution in [1.29, 1.82) is 0 Å². The molecule has 1 saturated carbocycles. The molecule has 31 heavy (non-hydrogen) atoms. The highest BCUT2D eigenvalue weighted by atomic mass is 32.2. The van der Waals surface area contributed by atoms with Gasteiger partial charge in [0.2, 0.25) is 11.8 Å². The van der Waals surface area contributed by atoms with Crippen molar-refractivity contribution in [3.63, 3.8) is 0 Å². The van der Waals surface area contributed by atoms with Crippen LogP contribution in [0.2, 0.25) is 0 Å². The normalized spacial score (nSPS) is 13.4. The number of carbonyl (C=O) groups is 2. The molecule has 1 aliphatic carbocycles. The monoisotopic (exact) mass is 456 g/mol. The maximum atomic E-state index is 12.5. The van der Waals surface area contributed by atoms with Gasteiger partial charge >= 0.3 is 0 Å². The van der Waals surface area contributed by atoms with Crippen molar-refractivity contribution < 1.29 is 9.59 Å². The molecule has 1 fully saturated rings. The zero-order valence-corrected chi connectivity index (χ0v) is 19.1. The maximum Gasteiger partial charge on any atom is 0.236 e. The lowest BCUT2D eigenvalue weighted by molar-refractivity contribution is -0.118. The van der Waals surface area contributed by atoms with Gasteiger partial charge in [-0.15, -0.1) is 21.5 Å². The van der Waals surface area contributed by atoms with Gasteiger partial charge in [-0.1, -0.05) is 23.9 Å². The topological polar surface area (TPSA) is 116 Å². The van der Waals surface area contributed by atoms with Crippen molar-refractivity contribution in [2.45, 2.75) is 50.7 Å². The minimum atomic E-state index is -0.368. The number of carbonyl (C=O) groups excluding carboxylic acids is 2. The van der Waals surface area contributed by atoms with Crippen LogP contribution in [-0.4, -0.2) is 37.3 Å². The highest BCUT2D eigenvalue weighted by Crippen LogP contribution is 2.40. The van der Waals surface area contributed by atoms with E-state index in [1.54, 1.807) is 0 Å². The fourth-order valence-corrected chi connectivity index (χ4v) is 4.64. The molecule has 1 aromatic carbocycles. The molecule has 162 valence electrons. The average Bonchev–Trinajstić information content (AvgIpc) is 3.33. The van der Waals surface area contributed by atoms with E-state index in [2.05, 4.69) is 46.5 Å². The summed E-state index contributed by atoms with van der Waals surface area (Å²) in [6, 6.07) is 6.21. The van der Waals surface area contributed by atoms with Crippen LogP contribution in [0.5, 0.6) is 0 Å². The van der Waals surface area contributed by atoms with Crippen molar-refractivity contribution in [1.82, 2.24) is 19.7 Å². The number of amides is 2. The second-order valence-corrected chi connectivity index (χ2v) is 9.46. The van der Waals surface area contributed by atoms with Crippen LogP contribution < -0.4 is 11.1 Å². The molecule has 8 nitrogen and oxygen atoms in total. The van der Waals surface area contributed by atoms with E-state index in [0.29, 0.717) is 22.8 Å². The van der Waals surface area contributed by atoms with E-state index in [1.807, 2.05) is 16.0 Å². The number of thioether (sulfide) groups is 1. The molecule has 0 bridgehead atoms. The lowest BCUT2D eigenvalue weighted by Gasteiger charge is -2.08. The Labute approximate surface area is 188 Å². The molecule has 0 radical (unpaired) electrons. The summed E-state index contributed by atoms with van der Waals surface area (Å²) in [5, 5.41) is 14.5. The Morgan fingerprint density at radius 2 is 2.06 bits per heavy atom. The van der Waals surface area contributed by atoms with Crippen LogP contribution in [0.15, 0.2) is 28.7 Å². The van der Waals surface area contributed by atoms with Gasteiger partial charge in [-0.3, -0.25) is 9.59 Å². The second kappa shape index (κ2) is 9.19. The number of anilines is 1. The van der Waals surface area contributed by atoms with Gasteiger partial charge in [0.1, 0.15) is 5.82 Å². The van der Waals surface area contributed by atoms with Crippen molar-refractivity contribution in [2.24, 2.45) is 5.73 Å². The molecule has 4 rings (SSSR count). The minimum Gasteiger partial charge on any atom is -0.370 e. The van der Waals surface area contributed by atoms with Crippen LogP contribution in [0.3, 0.4) is 0 Å². The van der Waals surface area contributed by atoms with Gasteiger partial charge in [-0.2, -0.15) is 0 Å². The van der Waals surface area contributed by atoms with Gasteiger partial charge in [0, 0.05) is 29.8 Å². The lowest BCUT2D eigenvalue weighted by atomic mass is 10.1. The number of nitrogens with two attached hydrogens (primary N) is 1. The lowest BCUT2D eigenvalue weighted by Crippen LogP contribution is -2.17. The van der Waals surface area contributed by atoms with E-state index in [9.17, 15) is 9.59 Å². The van der Waals surface area contributed by atoms with Crippen LogP contribution in [-0.2, 0) is 16.1 Å². The summed E-state index contributed by atoms with van der Waals surface area (Å²) in [7, 11) is 0. The molecule has 0 atom stereocenters. The number of rotatable bonds is 9. The Kier molecular flexibility index (Phi) is 6.38. The molecule has 0 saturated heterocycles. The highest BCUT2D eigenvalue weighted by Gasteiger charge is 2.30. The predicted molar refractivity (Wildman–Crippen MR) is 122 cm³/mol. The number of nitrogens with zero attached hydrogens (tertiary/aromatic N) is 4. The van der Waals surface area contributed by atoms with Crippen LogP contribution in [0.1, 0.15) is 42.1 Å². The first kappa shape index (κ1) is 21.5. The molecule has 3 aromatic rings. The molecule has 10 heteroatoms. The van der Waals surface area contributed by atoms with E-state index in [1.165, 1.54) is 34.2 Å². The Bertz CT molecular complexity index is 1120. The third kappa shape index (κ3) is 5.31. The number of benzene rings is 1. The van der Waals surface area contributed by atoms with Crippen LogP contribution in [0, 0.1) is 13.8 Å². The van der Waals surface area contributed by atoms with Gasteiger partial charge in [0.05, 0.1) is 11.4 Å². The zero-order chi connectivity index (χ0) is 22.0. The summed E-state index contributed by atoms with van der Waals surface area (Å²) in [5.41, 5.74) is 9.62. The van der Waals surface area contributed by atoms with Crippen LogP contribution >= 0.6 is 23.1 Å². The molecule has 0 spiro atoms. The predicted octanol–water partition coefficient (Wildman–Crippen LogP) is 3.50. The van der Waals surface area contributed by atoms with Gasteiger partial charge in [0.15, 0.2) is 10.3 Å². The van der Waals surface area contributed by atoms with Gasteiger partial charge in [-0.05, 0) is 43.9 Å². The Hall–Kier alpha value is -2.72. The Balaban J connectivity index is 1.37. The molecular formula is C21H24N6O2S2. The molecule has 1 aliphatic rings. The number of thiazole rings is 1. The fourth-order valence-electron chi connectivity index (χ4n) is 3.13. The molecular weight excluding hydrogens is 432 g/mol. The second-order valence-electron chi connectivity index (χ2n) is 7.66. The van der Waals surface area contributed by atoms with Crippen molar-refractivity contribution in [3.8, 4) is 11.3 Å². The summed E-state index contributed by atoms with van der Waals surface area (Å²) < 4.78 is 1.92. The van der Waals surface area contributed by atoms with Crippen molar-refractivity contribution in [3.05, 3.63) is 40.5 Å². The SMILES string of the molecule is Cc1ccc(-c2csc(NC(=O)CSc3nnc(C4CC4)n3CCC(N)=O)n2)cc1C. The van der Waals surface area contributed by atoms with Gasteiger partial charge < -0.3 is 15.6 Å². The first-order chi connectivity index (χ1) is 14.9. The number of hydrogen-bond acceptors (Lipinski definition) is 7. The van der Waals surface area contributed by atoms with Gasteiger partial charge in [-0.25, -0.2) is 4.98 Å². The smallest absolute Gasteiger partial charge is 0.236 e. The number of nitrogens with one attached hydrogen (secondary N) is 1. The maximum absolute atomic E-state index is 12.5. The molecule has 0 aliphatic heterocycles. The number of primary amides is 1. The first-order valence-electron chi connectivity index (χ1n) is 10.1. The van der Waals surface area contributed by atoms with E-state index in [4.69, 9.17) is 5.73 Å². The van der Waals surface area contributed by atoms with E-state index >= 15 is 0 Å². The summed E-state index contributed by atoms with van der Waals surface area (Å²) in [6.07, 6.45) is 2.37. The third-order valence-electron chi connectivity index (χ3n) is 5.16. The molecule has 3 N–H and O–H groups in total. The van der Waals surface area contributed by atoms with Crippen molar-refractivity contribution in [2.75, 3.05) is 11.1 Å². The largest absolute Gasteiger partial charge is 0.370 e. The fraction of sp³-hybridized carbons (Fsp3) is 0.381. The van der Waals surface area contributed by atoms with Gasteiger partial charge in [0.25, 0.3) is 0 Å². The average molecular weight is 457 g/mol. The number of hydrogen-bond donors (Lipinski definition) is 2.